The maximum Gasteiger partial charge on any atom is 0.344 e. The van der Waals surface area contributed by atoms with Crippen LogP contribution in [0, 0.1) is 0 Å². The number of aliphatic carboxylic acids is 1. The lowest BCUT2D eigenvalue weighted by atomic mass is 10.0. The van der Waals surface area contributed by atoms with Crippen LogP contribution in [0.5, 0.6) is 5.75 Å². The summed E-state index contributed by atoms with van der Waals surface area (Å²) in [5.74, 6) is -0.559. The number of aromatic amines is 1. The van der Waals surface area contributed by atoms with Crippen molar-refractivity contribution in [3.63, 3.8) is 0 Å². The van der Waals surface area contributed by atoms with Crippen molar-refractivity contribution in [3.8, 4) is 5.75 Å². The van der Waals surface area contributed by atoms with Crippen molar-refractivity contribution in [2.45, 2.75) is 25.4 Å². The second-order valence-corrected chi connectivity index (χ2v) is 6.77. The number of aromatic nitrogens is 1. The zero-order valence-corrected chi connectivity index (χ0v) is 15.2. The van der Waals surface area contributed by atoms with Crippen LogP contribution in [0.15, 0.2) is 48.7 Å². The van der Waals surface area contributed by atoms with Gasteiger partial charge >= 0.3 is 12.0 Å². The van der Waals surface area contributed by atoms with Gasteiger partial charge in [0.05, 0.1) is 5.69 Å². The van der Waals surface area contributed by atoms with E-state index in [1.54, 1.807) is 6.07 Å². The summed E-state index contributed by atoms with van der Waals surface area (Å²) in [6, 6.07) is 13.1. The fourth-order valence-electron chi connectivity index (χ4n) is 3.50. The summed E-state index contributed by atoms with van der Waals surface area (Å²) in [7, 11) is 0. The number of carboxylic acid groups (broad SMARTS) is 1. The first-order valence-corrected chi connectivity index (χ1v) is 9.23. The molecule has 0 saturated carbocycles. The van der Waals surface area contributed by atoms with E-state index in [0.29, 0.717) is 37.2 Å². The first-order valence-electron chi connectivity index (χ1n) is 9.23. The minimum Gasteiger partial charge on any atom is -0.479 e. The molecular formula is C21H21N3O4. The zero-order chi connectivity index (χ0) is 19.5. The highest BCUT2D eigenvalue weighted by molar-refractivity contribution is 5.91. The maximum atomic E-state index is 12.3. The van der Waals surface area contributed by atoms with Crippen molar-refractivity contribution in [2.75, 3.05) is 11.9 Å². The molecule has 0 fully saturated rings. The van der Waals surface area contributed by atoms with Crippen LogP contribution in [0.4, 0.5) is 10.5 Å². The Morgan fingerprint density at radius 1 is 1.18 bits per heavy atom. The third kappa shape index (κ3) is 3.64. The van der Waals surface area contributed by atoms with Gasteiger partial charge in [0.1, 0.15) is 5.75 Å². The molecular weight excluding hydrogens is 358 g/mol. The van der Waals surface area contributed by atoms with Gasteiger partial charge in [-0.1, -0.05) is 30.3 Å². The van der Waals surface area contributed by atoms with E-state index in [0.717, 1.165) is 22.0 Å². The van der Waals surface area contributed by atoms with Crippen molar-refractivity contribution in [2.24, 2.45) is 0 Å². The highest BCUT2D eigenvalue weighted by Gasteiger charge is 2.27. The number of hydrogen-bond acceptors (Lipinski definition) is 3. The molecule has 0 aliphatic carbocycles. The van der Waals surface area contributed by atoms with Gasteiger partial charge in [-0.15, -0.1) is 0 Å². The fraction of sp³-hybridized carbons (Fsp3) is 0.238. The SMILES string of the molecule is O=C(NCCc1c[nH]c2ccccc12)Nc1cccc2c1OC(C(=O)O)CC2. The molecule has 4 N–H and O–H groups in total. The van der Waals surface area contributed by atoms with E-state index in [9.17, 15) is 14.7 Å². The summed E-state index contributed by atoms with van der Waals surface area (Å²) in [6.45, 7) is 0.474. The number of H-pyrrole nitrogens is 1. The standard InChI is InChI=1S/C21H21N3O4/c25-20(26)18-9-8-13-4-3-7-17(19(13)28-18)24-21(27)22-11-10-14-12-23-16-6-2-1-5-15(14)16/h1-7,12,18,23H,8-11H2,(H,25,26)(H2,22,24,27). The third-order valence-electron chi connectivity index (χ3n) is 4.91. The number of fused-ring (bicyclic) bond motifs is 2. The highest BCUT2D eigenvalue weighted by Crippen LogP contribution is 2.35. The van der Waals surface area contributed by atoms with E-state index in [2.05, 4.69) is 15.6 Å². The second kappa shape index (κ2) is 7.64. The van der Waals surface area contributed by atoms with Crippen molar-refractivity contribution in [1.82, 2.24) is 10.3 Å². The van der Waals surface area contributed by atoms with Gasteiger partial charge in [0, 0.05) is 23.6 Å². The fourth-order valence-corrected chi connectivity index (χ4v) is 3.50. The molecule has 1 aliphatic rings. The van der Waals surface area contributed by atoms with Gasteiger partial charge in [0.2, 0.25) is 0 Å². The topological polar surface area (TPSA) is 103 Å². The Labute approximate surface area is 161 Å². The molecule has 1 atom stereocenters. The van der Waals surface area contributed by atoms with Gasteiger partial charge in [0.25, 0.3) is 0 Å². The quantitative estimate of drug-likeness (QED) is 0.546. The number of carbonyl (C=O) groups is 2. The lowest BCUT2D eigenvalue weighted by Crippen LogP contribution is -2.33. The summed E-state index contributed by atoms with van der Waals surface area (Å²) >= 11 is 0. The molecule has 1 unspecified atom stereocenters. The maximum absolute atomic E-state index is 12.3. The van der Waals surface area contributed by atoms with Crippen LogP contribution in [0.1, 0.15) is 17.5 Å². The van der Waals surface area contributed by atoms with E-state index >= 15 is 0 Å². The van der Waals surface area contributed by atoms with Gasteiger partial charge in [-0.2, -0.15) is 0 Å². The number of anilines is 1. The molecule has 0 spiro atoms. The predicted octanol–water partition coefficient (Wildman–Crippen LogP) is 3.31. The number of urea groups is 1. The molecule has 7 heteroatoms. The van der Waals surface area contributed by atoms with Crippen molar-refractivity contribution in [1.29, 1.82) is 0 Å². The number of carbonyl (C=O) groups excluding carboxylic acids is 1. The lowest BCUT2D eigenvalue weighted by molar-refractivity contribution is -0.145. The Balaban J connectivity index is 1.37. The van der Waals surface area contributed by atoms with Gasteiger partial charge < -0.3 is 25.5 Å². The Hall–Kier alpha value is -3.48. The Bertz CT molecular complexity index is 1030. The first kappa shape index (κ1) is 17.9. The van der Waals surface area contributed by atoms with Crippen molar-refractivity contribution in [3.05, 3.63) is 59.8 Å². The average molecular weight is 379 g/mol. The number of aryl methyl sites for hydroxylation is 1. The van der Waals surface area contributed by atoms with Crippen LogP contribution in [0.2, 0.25) is 0 Å². The molecule has 2 heterocycles. The summed E-state index contributed by atoms with van der Waals surface area (Å²) in [6.07, 6.45) is 2.78. The molecule has 2 aromatic carbocycles. The summed E-state index contributed by atoms with van der Waals surface area (Å²) in [5.41, 5.74) is 3.59. The number of hydrogen-bond donors (Lipinski definition) is 4. The lowest BCUT2D eigenvalue weighted by Gasteiger charge is -2.25. The van der Waals surface area contributed by atoms with Crippen LogP contribution >= 0.6 is 0 Å². The van der Waals surface area contributed by atoms with E-state index in [4.69, 9.17) is 4.74 Å². The van der Waals surface area contributed by atoms with Gasteiger partial charge in [-0.05, 0) is 42.5 Å². The molecule has 1 aromatic heterocycles. The van der Waals surface area contributed by atoms with E-state index < -0.39 is 12.1 Å². The van der Waals surface area contributed by atoms with Crippen LogP contribution in [-0.4, -0.2) is 34.7 Å². The van der Waals surface area contributed by atoms with E-state index in [-0.39, 0.29) is 6.03 Å². The minimum atomic E-state index is -0.997. The number of para-hydroxylation sites is 2. The Morgan fingerprint density at radius 2 is 2.04 bits per heavy atom. The molecule has 144 valence electrons. The molecule has 4 rings (SSSR count). The largest absolute Gasteiger partial charge is 0.479 e. The van der Waals surface area contributed by atoms with Crippen LogP contribution in [0.3, 0.4) is 0 Å². The molecule has 1 aliphatic heterocycles. The first-order chi connectivity index (χ1) is 13.6. The van der Waals surface area contributed by atoms with Crippen molar-refractivity contribution >= 4 is 28.6 Å². The zero-order valence-electron chi connectivity index (χ0n) is 15.2. The van der Waals surface area contributed by atoms with Gasteiger partial charge in [-0.25, -0.2) is 9.59 Å². The van der Waals surface area contributed by atoms with Gasteiger partial charge in [-0.3, -0.25) is 0 Å². The Kier molecular flexibility index (Phi) is 4.89. The second-order valence-electron chi connectivity index (χ2n) is 6.77. The average Bonchev–Trinajstić information content (AvgIpc) is 3.11. The number of rotatable bonds is 5. The Morgan fingerprint density at radius 3 is 2.89 bits per heavy atom. The highest BCUT2D eigenvalue weighted by atomic mass is 16.5. The molecule has 3 aromatic rings. The van der Waals surface area contributed by atoms with Crippen LogP contribution in [-0.2, 0) is 17.6 Å². The molecule has 2 amide bonds. The molecule has 28 heavy (non-hydrogen) atoms. The van der Waals surface area contributed by atoms with E-state index in [1.807, 2.05) is 42.6 Å². The third-order valence-corrected chi connectivity index (χ3v) is 4.91. The smallest absolute Gasteiger partial charge is 0.344 e. The molecule has 0 bridgehead atoms. The molecule has 7 nitrogen and oxygen atoms in total. The summed E-state index contributed by atoms with van der Waals surface area (Å²) in [5, 5.41) is 15.9. The van der Waals surface area contributed by atoms with Gasteiger partial charge in [0.15, 0.2) is 6.10 Å². The van der Waals surface area contributed by atoms with Crippen molar-refractivity contribution < 1.29 is 19.4 Å². The normalized spacial score (nSPS) is 15.5. The van der Waals surface area contributed by atoms with Crippen LogP contribution in [0.25, 0.3) is 10.9 Å². The summed E-state index contributed by atoms with van der Waals surface area (Å²) < 4.78 is 5.59. The number of amides is 2. The predicted molar refractivity (Wildman–Crippen MR) is 106 cm³/mol. The van der Waals surface area contributed by atoms with Crippen LogP contribution < -0.4 is 15.4 Å². The molecule has 0 radical (unpaired) electrons. The number of ether oxygens (including phenoxy) is 1. The number of carboxylic acids is 1. The minimum absolute atomic E-state index is 0.353. The summed E-state index contributed by atoms with van der Waals surface area (Å²) in [4.78, 5) is 26.7. The number of benzene rings is 2. The number of nitrogens with one attached hydrogen (secondary N) is 3. The monoisotopic (exact) mass is 379 g/mol. The van der Waals surface area contributed by atoms with E-state index in [1.165, 1.54) is 0 Å². The molecule has 0 saturated heterocycles.